The van der Waals surface area contributed by atoms with Crippen LogP contribution in [0.4, 0.5) is 5.82 Å². The quantitative estimate of drug-likeness (QED) is 0.536. The van der Waals surface area contributed by atoms with E-state index in [1.54, 1.807) is 12.1 Å². The van der Waals surface area contributed by atoms with E-state index in [4.69, 9.17) is 10.3 Å². The van der Waals surface area contributed by atoms with Crippen molar-refractivity contribution in [2.75, 3.05) is 5.43 Å². The summed E-state index contributed by atoms with van der Waals surface area (Å²) in [7, 11) is -3.69. The lowest BCUT2D eigenvalue weighted by Crippen LogP contribution is -2.25. The van der Waals surface area contributed by atoms with Crippen LogP contribution in [-0.4, -0.2) is 13.4 Å². The van der Waals surface area contributed by atoms with Crippen molar-refractivity contribution in [1.29, 1.82) is 0 Å². The Morgan fingerprint density at radius 2 is 2.17 bits per heavy atom. The van der Waals surface area contributed by atoms with Crippen molar-refractivity contribution in [2.24, 2.45) is 5.84 Å². The highest BCUT2D eigenvalue weighted by Crippen LogP contribution is 2.16. The molecule has 0 aliphatic heterocycles. The average Bonchev–Trinajstić information content (AvgIpc) is 2.89. The maximum atomic E-state index is 12.0. The van der Waals surface area contributed by atoms with Crippen molar-refractivity contribution < 1.29 is 12.8 Å². The van der Waals surface area contributed by atoms with Crippen LogP contribution >= 0.6 is 0 Å². The molecular weight excluding hydrogens is 256 g/mol. The monoisotopic (exact) mass is 268 g/mol. The van der Waals surface area contributed by atoms with Gasteiger partial charge in [0.05, 0.1) is 12.8 Å². The van der Waals surface area contributed by atoms with Gasteiger partial charge >= 0.3 is 0 Å². The highest BCUT2D eigenvalue weighted by molar-refractivity contribution is 7.89. The molecule has 0 aliphatic rings. The maximum absolute atomic E-state index is 12.0. The van der Waals surface area contributed by atoms with Gasteiger partial charge in [0.25, 0.3) is 0 Å². The second-order valence-corrected chi connectivity index (χ2v) is 5.13. The molecule has 4 N–H and O–H groups in total. The zero-order valence-corrected chi connectivity index (χ0v) is 10.1. The lowest BCUT2D eigenvalue weighted by molar-refractivity contribution is 0.498. The third kappa shape index (κ3) is 2.67. The molecule has 2 aromatic heterocycles. The maximum Gasteiger partial charge on any atom is 0.244 e. The number of aromatic nitrogens is 1. The van der Waals surface area contributed by atoms with Crippen LogP contribution in [0.2, 0.25) is 0 Å². The number of hydrogen-bond acceptors (Lipinski definition) is 6. The van der Waals surface area contributed by atoms with Crippen molar-refractivity contribution >= 4 is 15.8 Å². The van der Waals surface area contributed by atoms with Crippen molar-refractivity contribution in [2.45, 2.75) is 11.4 Å². The van der Waals surface area contributed by atoms with Gasteiger partial charge in [-0.15, -0.1) is 0 Å². The predicted molar refractivity (Wildman–Crippen MR) is 64.8 cm³/mol. The highest BCUT2D eigenvalue weighted by atomic mass is 32.2. The fourth-order valence-corrected chi connectivity index (χ4v) is 2.48. The summed E-state index contributed by atoms with van der Waals surface area (Å²) in [6.45, 7) is 0.0637. The van der Waals surface area contributed by atoms with Gasteiger partial charge < -0.3 is 9.84 Å². The molecule has 0 aromatic carbocycles. The van der Waals surface area contributed by atoms with Crippen LogP contribution in [0.25, 0.3) is 0 Å². The standard InChI is InChI=1S/C10H12N4O3S/c11-14-10-9(4-1-5-12-10)18(15,16)13-7-8-3-2-6-17-8/h1-6,13H,7,11H2,(H,12,14). The molecule has 0 bridgehead atoms. The zero-order chi connectivity index (χ0) is 13.0. The summed E-state index contributed by atoms with van der Waals surface area (Å²) in [6.07, 6.45) is 2.92. The van der Waals surface area contributed by atoms with Crippen LogP contribution in [-0.2, 0) is 16.6 Å². The Labute approximate surface area is 104 Å². The number of pyridine rings is 1. The largest absolute Gasteiger partial charge is 0.468 e. The lowest BCUT2D eigenvalue weighted by atomic mass is 10.5. The molecule has 2 rings (SSSR count). The van der Waals surface area contributed by atoms with Gasteiger partial charge in [0.2, 0.25) is 10.0 Å². The molecule has 0 radical (unpaired) electrons. The molecule has 0 fully saturated rings. The van der Waals surface area contributed by atoms with Gasteiger partial charge in [0.15, 0.2) is 5.82 Å². The highest BCUT2D eigenvalue weighted by Gasteiger charge is 2.18. The van der Waals surface area contributed by atoms with E-state index in [9.17, 15) is 8.42 Å². The number of nitrogen functional groups attached to an aromatic ring is 1. The van der Waals surface area contributed by atoms with Gasteiger partial charge in [-0.1, -0.05) is 0 Å². The summed E-state index contributed by atoms with van der Waals surface area (Å²) in [4.78, 5) is 3.81. The van der Waals surface area contributed by atoms with E-state index in [1.807, 2.05) is 0 Å². The molecule has 0 saturated heterocycles. The van der Waals surface area contributed by atoms with E-state index < -0.39 is 10.0 Å². The minimum absolute atomic E-state index is 0.0148. The predicted octanol–water partition coefficient (Wildman–Crippen LogP) is 0.439. The topological polar surface area (TPSA) is 110 Å². The molecule has 0 amide bonds. The molecule has 0 aliphatic carbocycles. The van der Waals surface area contributed by atoms with Crippen LogP contribution < -0.4 is 16.0 Å². The Morgan fingerprint density at radius 3 is 2.83 bits per heavy atom. The number of sulfonamides is 1. The van der Waals surface area contributed by atoms with Crippen molar-refractivity contribution in [1.82, 2.24) is 9.71 Å². The van der Waals surface area contributed by atoms with E-state index >= 15 is 0 Å². The van der Waals surface area contributed by atoms with Crippen LogP contribution in [0, 0.1) is 0 Å². The molecule has 2 aromatic rings. The molecular formula is C10H12N4O3S. The Hall–Kier alpha value is -1.90. The van der Waals surface area contributed by atoms with Crippen molar-refractivity contribution in [3.63, 3.8) is 0 Å². The number of hydrazine groups is 1. The fourth-order valence-electron chi connectivity index (χ4n) is 1.37. The summed E-state index contributed by atoms with van der Waals surface area (Å²) in [5.74, 6) is 5.82. The fraction of sp³-hybridized carbons (Fsp3) is 0.100. The van der Waals surface area contributed by atoms with E-state index in [2.05, 4.69) is 15.1 Å². The molecule has 0 atom stereocenters. The first-order chi connectivity index (χ1) is 8.63. The number of nitrogens with one attached hydrogen (secondary N) is 2. The molecule has 0 unspecified atom stereocenters. The van der Waals surface area contributed by atoms with E-state index in [0.717, 1.165) is 0 Å². The Morgan fingerprint density at radius 1 is 1.33 bits per heavy atom. The first-order valence-corrected chi connectivity index (χ1v) is 6.55. The average molecular weight is 268 g/mol. The summed E-state index contributed by atoms with van der Waals surface area (Å²) in [5, 5.41) is 0. The van der Waals surface area contributed by atoms with Crippen molar-refractivity contribution in [3.05, 3.63) is 42.5 Å². The zero-order valence-electron chi connectivity index (χ0n) is 9.33. The third-order valence-electron chi connectivity index (χ3n) is 2.21. The summed E-state index contributed by atoms with van der Waals surface area (Å²) in [6, 6.07) is 6.28. The van der Waals surface area contributed by atoms with Gasteiger partial charge in [-0.05, 0) is 24.3 Å². The van der Waals surface area contributed by atoms with Crippen LogP contribution in [0.1, 0.15) is 5.76 Å². The Balaban J connectivity index is 2.20. The number of nitrogens with two attached hydrogens (primary N) is 1. The van der Waals surface area contributed by atoms with Gasteiger partial charge in [-0.3, -0.25) is 0 Å². The molecule has 96 valence electrons. The third-order valence-corrected chi connectivity index (χ3v) is 3.65. The molecule has 2 heterocycles. The van der Waals surface area contributed by atoms with Gasteiger partial charge in [-0.2, -0.15) is 0 Å². The van der Waals surface area contributed by atoms with Crippen LogP contribution in [0.3, 0.4) is 0 Å². The molecule has 0 spiro atoms. The van der Waals surface area contributed by atoms with Gasteiger partial charge in [0.1, 0.15) is 10.7 Å². The Kier molecular flexibility index (Phi) is 3.60. The SMILES string of the molecule is NNc1ncccc1S(=O)(=O)NCc1ccco1. The summed E-state index contributed by atoms with van der Waals surface area (Å²) < 4.78 is 31.5. The number of nitrogens with zero attached hydrogens (tertiary/aromatic N) is 1. The number of furan rings is 1. The number of hydrogen-bond donors (Lipinski definition) is 3. The normalized spacial score (nSPS) is 11.4. The summed E-state index contributed by atoms with van der Waals surface area (Å²) >= 11 is 0. The van der Waals surface area contributed by atoms with Crippen molar-refractivity contribution in [3.8, 4) is 0 Å². The van der Waals surface area contributed by atoms with Crippen LogP contribution in [0.5, 0.6) is 0 Å². The second kappa shape index (κ2) is 5.17. The molecule has 7 nitrogen and oxygen atoms in total. The van der Waals surface area contributed by atoms with Gasteiger partial charge in [-0.25, -0.2) is 24.0 Å². The number of anilines is 1. The first kappa shape index (κ1) is 12.6. The minimum Gasteiger partial charge on any atom is -0.468 e. The Bertz CT molecular complexity index is 610. The smallest absolute Gasteiger partial charge is 0.244 e. The summed E-state index contributed by atoms with van der Waals surface area (Å²) in [5.41, 5.74) is 2.24. The lowest BCUT2D eigenvalue weighted by Gasteiger charge is -2.08. The van der Waals surface area contributed by atoms with Crippen LogP contribution in [0.15, 0.2) is 46.0 Å². The van der Waals surface area contributed by atoms with E-state index in [1.165, 1.54) is 24.6 Å². The molecule has 8 heteroatoms. The first-order valence-electron chi connectivity index (χ1n) is 5.07. The minimum atomic E-state index is -3.69. The molecule has 18 heavy (non-hydrogen) atoms. The van der Waals surface area contributed by atoms with E-state index in [0.29, 0.717) is 5.76 Å². The van der Waals surface area contributed by atoms with Gasteiger partial charge in [0, 0.05) is 6.20 Å². The number of rotatable bonds is 5. The van der Waals surface area contributed by atoms with E-state index in [-0.39, 0.29) is 17.3 Å². The molecule has 0 saturated carbocycles. The second-order valence-electron chi connectivity index (χ2n) is 3.40.